The largest absolute Gasteiger partial charge is 0.484 e. The molecule has 0 aromatic heterocycles. The van der Waals surface area contributed by atoms with Gasteiger partial charge in [-0.25, -0.2) is 0 Å². The maximum atomic E-state index is 11.7. The molecule has 0 radical (unpaired) electrons. The fourth-order valence-electron chi connectivity index (χ4n) is 1.97. The number of amides is 1. The molecule has 0 saturated carbocycles. The first-order valence-corrected chi connectivity index (χ1v) is 8.96. The minimum absolute atomic E-state index is 0.0417. The van der Waals surface area contributed by atoms with Crippen molar-refractivity contribution in [3.63, 3.8) is 0 Å². The predicted octanol–water partition coefficient (Wildman–Crippen LogP) is 4.08. The van der Waals surface area contributed by atoms with Crippen molar-refractivity contribution in [1.82, 2.24) is 5.32 Å². The quantitative estimate of drug-likeness (QED) is 0.730. The summed E-state index contributed by atoms with van der Waals surface area (Å²) in [6, 6.07) is 15.5. The summed E-state index contributed by atoms with van der Waals surface area (Å²) in [7, 11) is 0. The molecule has 0 spiro atoms. The Bertz CT molecular complexity index is 648. The van der Waals surface area contributed by atoms with Crippen LogP contribution in [0.3, 0.4) is 0 Å². The van der Waals surface area contributed by atoms with Gasteiger partial charge in [-0.15, -0.1) is 0 Å². The normalized spacial score (nSPS) is 10.3. The van der Waals surface area contributed by atoms with E-state index in [0.29, 0.717) is 6.54 Å². The molecule has 5 heteroatoms. The van der Waals surface area contributed by atoms with Gasteiger partial charge in [0.05, 0.1) is 0 Å². The summed E-state index contributed by atoms with van der Waals surface area (Å²) in [6.07, 6.45) is 0. The van der Waals surface area contributed by atoms with Gasteiger partial charge in [-0.05, 0) is 30.2 Å². The van der Waals surface area contributed by atoms with E-state index in [2.05, 4.69) is 5.32 Å². The third-order valence-electron chi connectivity index (χ3n) is 3.24. The van der Waals surface area contributed by atoms with Crippen molar-refractivity contribution in [3.8, 4) is 5.75 Å². The number of para-hydroxylation sites is 1. The van der Waals surface area contributed by atoms with Gasteiger partial charge >= 0.3 is 0 Å². The second kappa shape index (κ2) is 9.48. The predicted molar refractivity (Wildman–Crippen MR) is 97.3 cm³/mol. The molecule has 0 atom stereocenters. The Morgan fingerprint density at radius 2 is 1.91 bits per heavy atom. The van der Waals surface area contributed by atoms with Gasteiger partial charge in [-0.2, -0.15) is 11.8 Å². The molecule has 122 valence electrons. The molecule has 23 heavy (non-hydrogen) atoms. The number of halogens is 1. The molecule has 1 amide bonds. The number of hydrogen-bond donors (Lipinski definition) is 1. The average Bonchev–Trinajstić information content (AvgIpc) is 2.55. The molecule has 2 aromatic rings. The Kier molecular flexibility index (Phi) is 7.30. The molecular weight excluding hydrogens is 330 g/mol. The van der Waals surface area contributed by atoms with Gasteiger partial charge in [-0.1, -0.05) is 48.0 Å². The van der Waals surface area contributed by atoms with E-state index in [-0.39, 0.29) is 12.5 Å². The van der Waals surface area contributed by atoms with Crippen LogP contribution in [0, 0.1) is 6.92 Å². The summed E-state index contributed by atoms with van der Waals surface area (Å²) >= 11 is 7.84. The monoisotopic (exact) mass is 349 g/mol. The third kappa shape index (κ3) is 6.16. The second-order valence-corrected chi connectivity index (χ2v) is 6.56. The van der Waals surface area contributed by atoms with Crippen LogP contribution in [0.25, 0.3) is 0 Å². The highest BCUT2D eigenvalue weighted by Crippen LogP contribution is 2.20. The topological polar surface area (TPSA) is 38.3 Å². The van der Waals surface area contributed by atoms with Gasteiger partial charge in [0, 0.05) is 23.1 Å². The van der Waals surface area contributed by atoms with Gasteiger partial charge in [0.25, 0.3) is 5.91 Å². The SMILES string of the molecule is Cc1ccccc1OCC(=O)NCCSCc1ccccc1Cl. The number of carbonyl (C=O) groups excluding carboxylic acids is 1. The summed E-state index contributed by atoms with van der Waals surface area (Å²) < 4.78 is 5.50. The van der Waals surface area contributed by atoms with E-state index in [0.717, 1.165) is 33.4 Å². The number of hydrogen-bond acceptors (Lipinski definition) is 3. The molecule has 1 N–H and O–H groups in total. The molecular formula is C18H20ClNO2S. The fourth-order valence-corrected chi connectivity index (χ4v) is 3.12. The summed E-state index contributed by atoms with van der Waals surface area (Å²) in [6.45, 7) is 2.61. The van der Waals surface area contributed by atoms with Crippen LogP contribution in [0.1, 0.15) is 11.1 Å². The summed E-state index contributed by atoms with van der Waals surface area (Å²) in [5.41, 5.74) is 2.14. The Balaban J connectivity index is 1.60. The van der Waals surface area contributed by atoms with E-state index in [9.17, 15) is 4.79 Å². The lowest BCUT2D eigenvalue weighted by Gasteiger charge is -2.09. The zero-order valence-electron chi connectivity index (χ0n) is 13.0. The number of rotatable bonds is 8. The Morgan fingerprint density at radius 3 is 2.70 bits per heavy atom. The van der Waals surface area contributed by atoms with Gasteiger partial charge in [0.2, 0.25) is 0 Å². The average molecular weight is 350 g/mol. The highest BCUT2D eigenvalue weighted by molar-refractivity contribution is 7.98. The molecule has 0 aliphatic carbocycles. The van der Waals surface area contributed by atoms with E-state index < -0.39 is 0 Å². The molecule has 0 heterocycles. The van der Waals surface area contributed by atoms with E-state index >= 15 is 0 Å². The number of ether oxygens (including phenoxy) is 1. The molecule has 0 fully saturated rings. The van der Waals surface area contributed by atoms with Gasteiger partial charge in [0.1, 0.15) is 5.75 Å². The molecule has 2 rings (SSSR count). The van der Waals surface area contributed by atoms with E-state index in [1.165, 1.54) is 0 Å². The van der Waals surface area contributed by atoms with Crippen molar-refractivity contribution in [2.24, 2.45) is 0 Å². The van der Waals surface area contributed by atoms with Crippen molar-refractivity contribution in [2.75, 3.05) is 18.9 Å². The van der Waals surface area contributed by atoms with Crippen molar-refractivity contribution >= 4 is 29.3 Å². The number of carbonyl (C=O) groups is 1. The lowest BCUT2D eigenvalue weighted by Crippen LogP contribution is -2.30. The third-order valence-corrected chi connectivity index (χ3v) is 4.61. The van der Waals surface area contributed by atoms with Crippen molar-refractivity contribution in [3.05, 3.63) is 64.7 Å². The van der Waals surface area contributed by atoms with Crippen LogP contribution in [0.5, 0.6) is 5.75 Å². The first kappa shape index (κ1) is 17.7. The molecule has 0 saturated heterocycles. The molecule has 0 aliphatic heterocycles. The zero-order chi connectivity index (χ0) is 16.5. The van der Waals surface area contributed by atoms with E-state index in [4.69, 9.17) is 16.3 Å². The van der Waals surface area contributed by atoms with Crippen LogP contribution < -0.4 is 10.1 Å². The minimum Gasteiger partial charge on any atom is -0.484 e. The van der Waals surface area contributed by atoms with Crippen molar-refractivity contribution in [1.29, 1.82) is 0 Å². The van der Waals surface area contributed by atoms with Crippen LogP contribution in [-0.4, -0.2) is 24.8 Å². The maximum absolute atomic E-state index is 11.7. The second-order valence-electron chi connectivity index (χ2n) is 5.05. The first-order chi connectivity index (χ1) is 11.2. The Morgan fingerprint density at radius 1 is 1.17 bits per heavy atom. The van der Waals surface area contributed by atoms with Crippen LogP contribution in [0.15, 0.2) is 48.5 Å². The molecule has 2 aromatic carbocycles. The molecule has 0 aliphatic rings. The fraction of sp³-hybridized carbons (Fsp3) is 0.278. The summed E-state index contributed by atoms with van der Waals surface area (Å²) in [5, 5.41) is 3.64. The lowest BCUT2D eigenvalue weighted by atomic mass is 10.2. The highest BCUT2D eigenvalue weighted by atomic mass is 35.5. The van der Waals surface area contributed by atoms with Crippen molar-refractivity contribution in [2.45, 2.75) is 12.7 Å². The van der Waals surface area contributed by atoms with Crippen LogP contribution in [-0.2, 0) is 10.5 Å². The minimum atomic E-state index is -0.105. The number of aryl methyl sites for hydroxylation is 1. The number of nitrogens with one attached hydrogen (secondary N) is 1. The molecule has 3 nitrogen and oxygen atoms in total. The maximum Gasteiger partial charge on any atom is 0.257 e. The smallest absolute Gasteiger partial charge is 0.257 e. The molecule has 0 bridgehead atoms. The molecule has 0 unspecified atom stereocenters. The first-order valence-electron chi connectivity index (χ1n) is 7.43. The van der Waals surface area contributed by atoms with Crippen LogP contribution in [0.2, 0.25) is 5.02 Å². The van der Waals surface area contributed by atoms with Gasteiger partial charge in [0.15, 0.2) is 6.61 Å². The van der Waals surface area contributed by atoms with Crippen LogP contribution >= 0.6 is 23.4 Å². The standard InChI is InChI=1S/C18H20ClNO2S/c1-14-6-2-5-9-17(14)22-12-18(21)20-10-11-23-13-15-7-3-4-8-16(15)19/h2-9H,10-13H2,1H3,(H,20,21). The zero-order valence-corrected chi connectivity index (χ0v) is 14.6. The number of benzene rings is 2. The lowest BCUT2D eigenvalue weighted by molar-refractivity contribution is -0.122. The Hall–Kier alpha value is -1.65. The van der Waals surface area contributed by atoms with Crippen LogP contribution in [0.4, 0.5) is 0 Å². The van der Waals surface area contributed by atoms with Gasteiger partial charge in [-0.3, -0.25) is 4.79 Å². The number of thioether (sulfide) groups is 1. The van der Waals surface area contributed by atoms with E-state index in [1.54, 1.807) is 11.8 Å². The van der Waals surface area contributed by atoms with Gasteiger partial charge < -0.3 is 10.1 Å². The van der Waals surface area contributed by atoms with E-state index in [1.807, 2.05) is 55.5 Å². The Labute approximate surface area is 146 Å². The highest BCUT2D eigenvalue weighted by Gasteiger charge is 2.04. The summed E-state index contributed by atoms with van der Waals surface area (Å²) in [4.78, 5) is 11.7. The summed E-state index contributed by atoms with van der Waals surface area (Å²) in [5.74, 6) is 2.32. The van der Waals surface area contributed by atoms with Crippen molar-refractivity contribution < 1.29 is 9.53 Å².